The third-order valence-corrected chi connectivity index (χ3v) is 5.25. The monoisotopic (exact) mass is 378 g/mol. The summed E-state index contributed by atoms with van der Waals surface area (Å²) in [6.45, 7) is 5.80. The van der Waals surface area contributed by atoms with E-state index < -0.39 is 0 Å². The van der Waals surface area contributed by atoms with Crippen LogP contribution in [0.5, 0.6) is 0 Å². The highest BCUT2D eigenvalue weighted by Gasteiger charge is 2.29. The average molecular weight is 379 g/mol. The van der Waals surface area contributed by atoms with Crippen molar-refractivity contribution in [2.75, 3.05) is 20.3 Å². The van der Waals surface area contributed by atoms with Crippen LogP contribution in [0, 0.1) is 0 Å². The summed E-state index contributed by atoms with van der Waals surface area (Å²) in [5.41, 5.74) is 3.68. The molecule has 26 heavy (non-hydrogen) atoms. The van der Waals surface area contributed by atoms with Gasteiger partial charge in [0.2, 0.25) is 6.41 Å². The van der Waals surface area contributed by atoms with Crippen molar-refractivity contribution >= 4 is 28.9 Å². The molecule has 1 atom stereocenters. The lowest BCUT2D eigenvalue weighted by molar-refractivity contribution is -0.121. The number of nitrogens with zero attached hydrogens (tertiary/aromatic N) is 1. The number of aromatic amines is 1. The van der Waals surface area contributed by atoms with Gasteiger partial charge in [-0.3, -0.25) is 4.79 Å². The molecule has 1 aliphatic rings. The second-order valence-electron chi connectivity index (χ2n) is 6.74. The van der Waals surface area contributed by atoms with Gasteiger partial charge < -0.3 is 14.6 Å². The predicted molar refractivity (Wildman–Crippen MR) is 109 cm³/mol. The van der Waals surface area contributed by atoms with E-state index >= 15 is 0 Å². The maximum atomic E-state index is 11.4. The number of unbranched alkanes of at least 4 members (excludes halogenated alkanes) is 3. The summed E-state index contributed by atoms with van der Waals surface area (Å²) in [6, 6.07) is 6.18. The molecule has 2 aromatic rings. The van der Waals surface area contributed by atoms with Crippen LogP contribution in [0.25, 0.3) is 10.9 Å². The number of methoxy groups -OCH3 is 1. The molecule has 5 heteroatoms. The van der Waals surface area contributed by atoms with Crippen molar-refractivity contribution in [3.05, 3.63) is 34.5 Å². The molecule has 144 valence electrons. The molecular formula is C21H31ClN2O2. The lowest BCUT2D eigenvalue weighted by atomic mass is 9.94. The number of rotatable bonds is 7. The standard InChI is InChI=1S/C18H23ClN2O.C3H8O/c1-2-3-4-5-6-17-18-14(9-10-21(17)12-22)15-11-13(19)7-8-16(15)20-18;1-3-4-2/h7-8,11-12,17,20H,2-6,9-10H2,1H3;3H2,1-2H3. The number of amides is 1. The molecule has 1 amide bonds. The SMILES string of the molecule is CCCCCCC1c2[nH]c3ccc(Cl)cc3c2CCN1C=O.CCOC. The van der Waals surface area contributed by atoms with Crippen LogP contribution in [0.4, 0.5) is 0 Å². The lowest BCUT2D eigenvalue weighted by Crippen LogP contribution is -2.34. The predicted octanol–water partition coefficient (Wildman–Crippen LogP) is 5.50. The normalized spacial score (nSPS) is 16.2. The van der Waals surface area contributed by atoms with Crippen LogP contribution >= 0.6 is 11.6 Å². The van der Waals surface area contributed by atoms with Gasteiger partial charge in [0.15, 0.2) is 0 Å². The zero-order valence-corrected chi connectivity index (χ0v) is 16.9. The fourth-order valence-corrected chi connectivity index (χ4v) is 3.73. The van der Waals surface area contributed by atoms with E-state index in [-0.39, 0.29) is 6.04 Å². The van der Waals surface area contributed by atoms with E-state index in [1.54, 1.807) is 7.11 Å². The van der Waals surface area contributed by atoms with Gasteiger partial charge in [0, 0.05) is 41.9 Å². The third-order valence-electron chi connectivity index (χ3n) is 5.01. The first kappa shape index (κ1) is 20.8. The summed E-state index contributed by atoms with van der Waals surface area (Å²) in [5.74, 6) is 0. The zero-order valence-electron chi connectivity index (χ0n) is 16.2. The summed E-state index contributed by atoms with van der Waals surface area (Å²) in [7, 11) is 1.68. The Kier molecular flexibility index (Phi) is 8.46. The van der Waals surface area contributed by atoms with E-state index in [9.17, 15) is 4.79 Å². The number of aromatic nitrogens is 1. The second-order valence-corrected chi connectivity index (χ2v) is 7.18. The molecule has 1 aliphatic heterocycles. The largest absolute Gasteiger partial charge is 0.385 e. The van der Waals surface area contributed by atoms with Gasteiger partial charge in [-0.05, 0) is 43.5 Å². The highest BCUT2D eigenvalue weighted by Crippen LogP contribution is 2.37. The van der Waals surface area contributed by atoms with Crippen LogP contribution in [0.2, 0.25) is 5.02 Å². The highest BCUT2D eigenvalue weighted by atomic mass is 35.5. The number of carbonyl (C=O) groups excluding carboxylic acids is 1. The number of fused-ring (bicyclic) bond motifs is 3. The molecule has 1 aromatic carbocycles. The lowest BCUT2D eigenvalue weighted by Gasteiger charge is -2.33. The molecule has 1 unspecified atom stereocenters. The molecule has 0 aliphatic carbocycles. The van der Waals surface area contributed by atoms with Crippen LogP contribution in [0.15, 0.2) is 18.2 Å². The molecule has 4 nitrogen and oxygen atoms in total. The second kappa shape index (κ2) is 10.6. The Bertz CT molecular complexity index is 697. The molecule has 1 aromatic heterocycles. The molecule has 0 spiro atoms. The number of H-pyrrole nitrogens is 1. The first-order valence-corrected chi connectivity index (χ1v) is 10.0. The number of hydrogen-bond acceptors (Lipinski definition) is 2. The van der Waals surface area contributed by atoms with Crippen LogP contribution in [-0.2, 0) is 16.0 Å². The molecule has 0 radical (unpaired) electrons. The number of benzene rings is 1. The van der Waals surface area contributed by atoms with E-state index in [2.05, 4.69) is 16.6 Å². The van der Waals surface area contributed by atoms with E-state index in [0.29, 0.717) is 0 Å². The number of halogens is 1. The third kappa shape index (κ3) is 5.01. The Balaban J connectivity index is 0.000000552. The highest BCUT2D eigenvalue weighted by molar-refractivity contribution is 6.31. The smallest absolute Gasteiger partial charge is 0.210 e. The van der Waals surface area contributed by atoms with E-state index in [0.717, 1.165) is 42.9 Å². The Morgan fingerprint density at radius 1 is 1.31 bits per heavy atom. The summed E-state index contributed by atoms with van der Waals surface area (Å²) in [5, 5.41) is 1.98. The number of ether oxygens (including phenoxy) is 1. The van der Waals surface area contributed by atoms with Crippen LogP contribution in [0.3, 0.4) is 0 Å². The quantitative estimate of drug-likeness (QED) is 0.510. The Hall–Kier alpha value is -1.52. The van der Waals surface area contributed by atoms with Gasteiger partial charge in [-0.1, -0.05) is 44.2 Å². The average Bonchev–Trinajstić information content (AvgIpc) is 3.03. The fraction of sp³-hybridized carbons (Fsp3) is 0.571. The fourth-order valence-electron chi connectivity index (χ4n) is 3.56. The summed E-state index contributed by atoms with van der Waals surface area (Å²) < 4.78 is 4.54. The van der Waals surface area contributed by atoms with Gasteiger partial charge in [-0.2, -0.15) is 0 Å². The summed E-state index contributed by atoms with van der Waals surface area (Å²) >= 11 is 6.15. The van der Waals surface area contributed by atoms with Crippen LogP contribution in [-0.4, -0.2) is 36.6 Å². The van der Waals surface area contributed by atoms with Crippen LogP contribution in [0.1, 0.15) is 63.3 Å². The molecule has 0 bridgehead atoms. The molecule has 2 heterocycles. The molecule has 0 fully saturated rings. The van der Waals surface area contributed by atoms with Crippen molar-refractivity contribution in [2.24, 2.45) is 0 Å². The minimum Gasteiger partial charge on any atom is -0.385 e. The number of hydrogen-bond donors (Lipinski definition) is 1. The van der Waals surface area contributed by atoms with Crippen molar-refractivity contribution in [1.29, 1.82) is 0 Å². The van der Waals surface area contributed by atoms with Gasteiger partial charge in [0.1, 0.15) is 0 Å². The van der Waals surface area contributed by atoms with Gasteiger partial charge in [-0.15, -0.1) is 0 Å². The molecule has 0 saturated carbocycles. The summed E-state index contributed by atoms with van der Waals surface area (Å²) in [6.07, 6.45) is 7.85. The van der Waals surface area contributed by atoms with Gasteiger partial charge in [0.25, 0.3) is 0 Å². The first-order chi connectivity index (χ1) is 12.7. The van der Waals surface area contributed by atoms with Gasteiger partial charge in [-0.25, -0.2) is 0 Å². The maximum absolute atomic E-state index is 11.4. The van der Waals surface area contributed by atoms with Gasteiger partial charge >= 0.3 is 0 Å². The first-order valence-electron chi connectivity index (χ1n) is 9.66. The van der Waals surface area contributed by atoms with Crippen molar-refractivity contribution < 1.29 is 9.53 Å². The molecule has 1 N–H and O–H groups in total. The van der Waals surface area contributed by atoms with E-state index in [1.165, 1.54) is 42.3 Å². The van der Waals surface area contributed by atoms with Crippen LogP contribution < -0.4 is 0 Å². The summed E-state index contributed by atoms with van der Waals surface area (Å²) in [4.78, 5) is 16.9. The Morgan fingerprint density at radius 3 is 2.73 bits per heavy atom. The minimum atomic E-state index is 0.185. The maximum Gasteiger partial charge on any atom is 0.210 e. The van der Waals surface area contributed by atoms with Crippen molar-refractivity contribution in [2.45, 2.75) is 58.4 Å². The van der Waals surface area contributed by atoms with Crippen molar-refractivity contribution in [1.82, 2.24) is 9.88 Å². The topological polar surface area (TPSA) is 45.3 Å². The zero-order chi connectivity index (χ0) is 18.9. The van der Waals surface area contributed by atoms with Crippen molar-refractivity contribution in [3.8, 4) is 0 Å². The molecule has 0 saturated heterocycles. The van der Waals surface area contributed by atoms with E-state index in [4.69, 9.17) is 11.6 Å². The number of nitrogens with one attached hydrogen (secondary N) is 1. The minimum absolute atomic E-state index is 0.185. The Morgan fingerprint density at radius 2 is 2.08 bits per heavy atom. The van der Waals surface area contributed by atoms with E-state index in [1.807, 2.05) is 30.0 Å². The van der Waals surface area contributed by atoms with Gasteiger partial charge in [0.05, 0.1) is 6.04 Å². The molecular weight excluding hydrogens is 348 g/mol. The van der Waals surface area contributed by atoms with Crippen molar-refractivity contribution in [3.63, 3.8) is 0 Å². The Labute approximate surface area is 161 Å². The molecule has 3 rings (SSSR count). The number of carbonyl (C=O) groups is 1.